The van der Waals surface area contributed by atoms with Gasteiger partial charge in [-0.1, -0.05) is 25.4 Å². The Labute approximate surface area is 143 Å². The molecule has 24 heavy (non-hydrogen) atoms. The molecule has 9 heteroatoms. The van der Waals surface area contributed by atoms with Gasteiger partial charge in [0.2, 0.25) is 11.7 Å². The van der Waals surface area contributed by atoms with E-state index in [1.54, 1.807) is 24.3 Å². The number of carboxylic acid groups (broad SMARTS) is 1. The van der Waals surface area contributed by atoms with Crippen molar-refractivity contribution in [3.63, 3.8) is 0 Å². The van der Waals surface area contributed by atoms with Gasteiger partial charge in [0.15, 0.2) is 6.04 Å². The number of tetrazole rings is 1. The number of aliphatic carboxylic acids is 1. The van der Waals surface area contributed by atoms with E-state index in [2.05, 4.69) is 20.7 Å². The van der Waals surface area contributed by atoms with Gasteiger partial charge in [-0.15, -0.1) is 10.2 Å². The van der Waals surface area contributed by atoms with Gasteiger partial charge in [-0.05, 0) is 35.9 Å². The van der Waals surface area contributed by atoms with E-state index >= 15 is 0 Å². The number of carbonyl (C=O) groups is 2. The molecule has 0 bridgehead atoms. The molecule has 2 atom stereocenters. The average molecular weight is 352 g/mol. The van der Waals surface area contributed by atoms with Crippen molar-refractivity contribution < 1.29 is 14.7 Å². The molecule has 0 radical (unpaired) electrons. The summed E-state index contributed by atoms with van der Waals surface area (Å²) in [4.78, 5) is 24.3. The summed E-state index contributed by atoms with van der Waals surface area (Å²) in [5, 5.41) is 24.2. The van der Waals surface area contributed by atoms with E-state index in [0.29, 0.717) is 17.3 Å². The Hall–Kier alpha value is -2.48. The first-order chi connectivity index (χ1) is 11.4. The zero-order valence-electron chi connectivity index (χ0n) is 13.3. The van der Waals surface area contributed by atoms with Crippen LogP contribution in [0, 0.1) is 5.92 Å². The third-order valence-corrected chi connectivity index (χ3v) is 3.75. The highest BCUT2D eigenvalue weighted by molar-refractivity contribution is 6.30. The Morgan fingerprint density at radius 1 is 1.33 bits per heavy atom. The molecule has 1 aromatic heterocycles. The van der Waals surface area contributed by atoms with Gasteiger partial charge in [-0.25, -0.2) is 0 Å². The molecule has 0 spiro atoms. The highest BCUT2D eigenvalue weighted by Crippen LogP contribution is 2.18. The first-order valence-corrected chi connectivity index (χ1v) is 7.86. The Morgan fingerprint density at radius 3 is 2.58 bits per heavy atom. The first-order valence-electron chi connectivity index (χ1n) is 7.48. The molecule has 1 heterocycles. The third-order valence-electron chi connectivity index (χ3n) is 3.50. The lowest BCUT2D eigenvalue weighted by Gasteiger charge is -2.14. The van der Waals surface area contributed by atoms with Gasteiger partial charge in [-0.3, -0.25) is 9.59 Å². The van der Waals surface area contributed by atoms with Gasteiger partial charge in [-0.2, -0.15) is 4.80 Å². The Morgan fingerprint density at radius 2 is 2.00 bits per heavy atom. The van der Waals surface area contributed by atoms with Crippen molar-refractivity contribution in [1.82, 2.24) is 25.5 Å². The second-order valence-electron chi connectivity index (χ2n) is 5.35. The lowest BCUT2D eigenvalue weighted by atomic mass is 10.1. The van der Waals surface area contributed by atoms with Crippen LogP contribution in [0.1, 0.15) is 26.3 Å². The van der Waals surface area contributed by atoms with Crippen LogP contribution in [-0.2, 0) is 9.59 Å². The van der Waals surface area contributed by atoms with E-state index in [1.165, 1.54) is 11.7 Å². The normalized spacial score (nSPS) is 13.3. The largest absolute Gasteiger partial charge is 0.481 e. The third kappa shape index (κ3) is 4.29. The molecule has 0 fully saturated rings. The van der Waals surface area contributed by atoms with Crippen molar-refractivity contribution >= 4 is 23.5 Å². The van der Waals surface area contributed by atoms with Crippen molar-refractivity contribution in [2.75, 3.05) is 6.54 Å². The summed E-state index contributed by atoms with van der Waals surface area (Å²) in [7, 11) is 0. The monoisotopic (exact) mass is 351 g/mol. The smallest absolute Gasteiger partial charge is 0.308 e. The Bertz CT molecular complexity index is 716. The van der Waals surface area contributed by atoms with E-state index in [9.17, 15) is 9.59 Å². The van der Waals surface area contributed by atoms with Gasteiger partial charge in [0, 0.05) is 17.1 Å². The van der Waals surface area contributed by atoms with Crippen molar-refractivity contribution in [3.05, 3.63) is 29.3 Å². The minimum Gasteiger partial charge on any atom is -0.481 e. The van der Waals surface area contributed by atoms with E-state index in [-0.39, 0.29) is 12.5 Å². The van der Waals surface area contributed by atoms with Gasteiger partial charge >= 0.3 is 5.97 Å². The summed E-state index contributed by atoms with van der Waals surface area (Å²) in [6, 6.07) is 6.31. The zero-order chi connectivity index (χ0) is 17.7. The fourth-order valence-corrected chi connectivity index (χ4v) is 2.11. The average Bonchev–Trinajstić information content (AvgIpc) is 3.03. The summed E-state index contributed by atoms with van der Waals surface area (Å²) in [5.74, 6) is -1.59. The molecule has 2 N–H and O–H groups in total. The predicted octanol–water partition coefficient (Wildman–Crippen LogP) is 1.78. The molecular formula is C15H18ClN5O3. The van der Waals surface area contributed by atoms with E-state index in [1.807, 2.05) is 6.92 Å². The maximum absolute atomic E-state index is 12.2. The number of carboxylic acids is 1. The molecule has 0 aliphatic heterocycles. The number of amides is 1. The van der Waals surface area contributed by atoms with Gasteiger partial charge in [0.05, 0.1) is 5.92 Å². The number of aromatic nitrogens is 4. The van der Waals surface area contributed by atoms with Crippen LogP contribution in [0.3, 0.4) is 0 Å². The summed E-state index contributed by atoms with van der Waals surface area (Å²) in [6.07, 6.45) is 0.448. The zero-order valence-corrected chi connectivity index (χ0v) is 14.1. The van der Waals surface area contributed by atoms with Crippen LogP contribution in [-0.4, -0.2) is 43.7 Å². The topological polar surface area (TPSA) is 110 Å². The van der Waals surface area contributed by atoms with Crippen molar-refractivity contribution in [2.45, 2.75) is 26.3 Å². The van der Waals surface area contributed by atoms with E-state index < -0.39 is 17.9 Å². The van der Waals surface area contributed by atoms with E-state index in [4.69, 9.17) is 16.7 Å². The lowest BCUT2D eigenvalue weighted by Crippen LogP contribution is -2.37. The maximum atomic E-state index is 12.2. The minimum absolute atomic E-state index is 0.0450. The van der Waals surface area contributed by atoms with Gasteiger partial charge in [0.25, 0.3) is 0 Å². The standard InChI is InChI=1S/C15H18ClN5O3/c1-3-12(14(22)17-8-9(2)15(23)24)21-19-13(18-20-21)10-4-6-11(16)7-5-10/h4-7,9,12H,3,8H2,1-2H3,(H,17,22)(H,23,24). The Balaban J connectivity index is 2.09. The number of carbonyl (C=O) groups excluding carboxylic acids is 1. The number of hydrogen-bond donors (Lipinski definition) is 2. The highest BCUT2D eigenvalue weighted by Gasteiger charge is 2.23. The summed E-state index contributed by atoms with van der Waals surface area (Å²) in [5.41, 5.74) is 0.736. The first kappa shape index (κ1) is 17.9. The maximum Gasteiger partial charge on any atom is 0.308 e. The quantitative estimate of drug-likeness (QED) is 0.786. The van der Waals surface area contributed by atoms with Crippen LogP contribution in [0.2, 0.25) is 5.02 Å². The number of nitrogens with one attached hydrogen (secondary N) is 1. The lowest BCUT2D eigenvalue weighted by molar-refractivity contribution is -0.141. The summed E-state index contributed by atoms with van der Waals surface area (Å²) in [6.45, 7) is 3.38. The highest BCUT2D eigenvalue weighted by atomic mass is 35.5. The van der Waals surface area contributed by atoms with Gasteiger partial charge in [0.1, 0.15) is 0 Å². The SMILES string of the molecule is CCC(C(=O)NCC(C)C(=O)O)n1nnc(-c2ccc(Cl)cc2)n1. The second-order valence-corrected chi connectivity index (χ2v) is 5.79. The number of rotatable bonds is 7. The van der Waals surface area contributed by atoms with Crippen LogP contribution in [0.25, 0.3) is 11.4 Å². The molecule has 2 rings (SSSR count). The van der Waals surface area contributed by atoms with Crippen molar-refractivity contribution in [2.24, 2.45) is 5.92 Å². The molecule has 0 saturated heterocycles. The molecule has 1 amide bonds. The molecule has 128 valence electrons. The van der Waals surface area contributed by atoms with Crippen LogP contribution in [0.4, 0.5) is 0 Å². The Kier molecular flexibility index (Phi) is 5.86. The molecule has 0 aliphatic rings. The fraction of sp³-hybridized carbons (Fsp3) is 0.400. The molecule has 0 saturated carbocycles. The number of hydrogen-bond acceptors (Lipinski definition) is 5. The molecule has 2 aromatic rings. The minimum atomic E-state index is -0.966. The molecular weight excluding hydrogens is 334 g/mol. The number of halogens is 1. The van der Waals surface area contributed by atoms with Crippen LogP contribution in [0.15, 0.2) is 24.3 Å². The van der Waals surface area contributed by atoms with Gasteiger partial charge < -0.3 is 10.4 Å². The molecule has 1 aromatic carbocycles. The molecule has 2 unspecified atom stereocenters. The van der Waals surface area contributed by atoms with Crippen molar-refractivity contribution in [1.29, 1.82) is 0 Å². The predicted molar refractivity (Wildman–Crippen MR) is 87.4 cm³/mol. The number of benzene rings is 1. The second kappa shape index (κ2) is 7.87. The summed E-state index contributed by atoms with van der Waals surface area (Å²) >= 11 is 5.84. The van der Waals surface area contributed by atoms with Crippen LogP contribution < -0.4 is 5.32 Å². The van der Waals surface area contributed by atoms with Crippen LogP contribution >= 0.6 is 11.6 Å². The van der Waals surface area contributed by atoms with Crippen molar-refractivity contribution in [3.8, 4) is 11.4 Å². The number of nitrogens with zero attached hydrogens (tertiary/aromatic N) is 4. The van der Waals surface area contributed by atoms with E-state index in [0.717, 1.165) is 5.56 Å². The molecule has 8 nitrogen and oxygen atoms in total. The summed E-state index contributed by atoms with van der Waals surface area (Å²) < 4.78 is 0. The fourth-order valence-electron chi connectivity index (χ4n) is 1.98. The molecule has 0 aliphatic carbocycles. The van der Waals surface area contributed by atoms with Crippen LogP contribution in [0.5, 0.6) is 0 Å².